The van der Waals surface area contributed by atoms with Crippen LogP contribution in [0.25, 0.3) is 11.2 Å². The van der Waals surface area contributed by atoms with Crippen LogP contribution in [-0.4, -0.2) is 80.5 Å². The molecular formula is C21H34N8O6P+. The first kappa shape index (κ1) is 27.7. The highest BCUT2D eigenvalue weighted by Crippen LogP contribution is 2.29. The van der Waals surface area contributed by atoms with Crippen LogP contribution in [-0.2, 0) is 34.9 Å². The van der Waals surface area contributed by atoms with Gasteiger partial charge < -0.3 is 29.8 Å². The number of anilines is 2. The Labute approximate surface area is 210 Å². The number of aromatic nitrogens is 4. The smallest absolute Gasteiger partial charge is 0.465 e. The molecular weight excluding hydrogens is 491 g/mol. The highest BCUT2D eigenvalue weighted by molar-refractivity contribution is 7.41. The molecule has 0 aromatic carbocycles. The molecule has 15 heteroatoms. The quantitative estimate of drug-likeness (QED) is 0.132. The minimum atomic E-state index is -2.25. The zero-order valence-corrected chi connectivity index (χ0v) is 21.9. The predicted molar refractivity (Wildman–Crippen MR) is 132 cm³/mol. The van der Waals surface area contributed by atoms with E-state index in [0.29, 0.717) is 29.6 Å². The fraction of sp³-hybridized carbons (Fsp3) is 0.667. The lowest BCUT2D eigenvalue weighted by molar-refractivity contribution is -0.151. The maximum absolute atomic E-state index is 13.0. The van der Waals surface area contributed by atoms with Crippen LogP contribution in [0.5, 0.6) is 0 Å². The molecule has 3 atom stereocenters. The number of hydrazine groups is 1. The van der Waals surface area contributed by atoms with Crippen molar-refractivity contribution in [1.29, 1.82) is 0 Å². The molecule has 0 radical (unpaired) electrons. The first-order chi connectivity index (χ1) is 17.2. The number of hydrogen-bond acceptors (Lipinski definition) is 12. The van der Waals surface area contributed by atoms with Gasteiger partial charge in [-0.15, -0.1) is 0 Å². The summed E-state index contributed by atoms with van der Waals surface area (Å²) in [7, 11) is -2.25. The van der Waals surface area contributed by atoms with Gasteiger partial charge in [0.1, 0.15) is 6.04 Å². The monoisotopic (exact) mass is 525 g/mol. The maximum Gasteiger partial charge on any atom is 0.479 e. The van der Waals surface area contributed by atoms with Crippen molar-refractivity contribution in [2.24, 2.45) is 0 Å². The van der Waals surface area contributed by atoms with E-state index in [1.54, 1.807) is 31.7 Å². The molecule has 1 aliphatic carbocycles. The molecule has 2 aromatic heterocycles. The molecule has 0 bridgehead atoms. The van der Waals surface area contributed by atoms with Gasteiger partial charge in [-0.1, -0.05) is 0 Å². The average molecular weight is 526 g/mol. The van der Waals surface area contributed by atoms with Crippen LogP contribution in [0.3, 0.4) is 0 Å². The normalized spacial score (nSPS) is 15.5. The van der Waals surface area contributed by atoms with Gasteiger partial charge in [0.05, 0.1) is 26.1 Å². The van der Waals surface area contributed by atoms with Crippen LogP contribution < -0.4 is 16.5 Å². The SMILES string of the molecule is CCOC(=O)[C@H](C)NN([C@@H](C)C(=O)OCC)[P+](=O)COCCn1cnc2c(NC3CC3)nc(N)nc21. The van der Waals surface area contributed by atoms with E-state index in [1.807, 2.05) is 0 Å². The van der Waals surface area contributed by atoms with Crippen LogP contribution >= 0.6 is 7.95 Å². The molecule has 0 saturated heterocycles. The summed E-state index contributed by atoms with van der Waals surface area (Å²) in [6.07, 6.45) is 3.59. The summed E-state index contributed by atoms with van der Waals surface area (Å²) < 4.78 is 31.7. The highest BCUT2D eigenvalue weighted by atomic mass is 31.1. The number of nitrogens with zero attached hydrogens (tertiary/aromatic N) is 5. The van der Waals surface area contributed by atoms with Gasteiger partial charge in [-0.05, 0) is 49.9 Å². The van der Waals surface area contributed by atoms with Gasteiger partial charge in [-0.25, -0.2) is 4.98 Å². The second-order valence-corrected chi connectivity index (χ2v) is 9.62. The molecule has 3 rings (SSSR count). The van der Waals surface area contributed by atoms with E-state index in [4.69, 9.17) is 19.9 Å². The van der Waals surface area contributed by atoms with Crippen LogP contribution in [0.1, 0.15) is 40.5 Å². The third-order valence-corrected chi connectivity index (χ3v) is 6.62. The van der Waals surface area contributed by atoms with E-state index >= 15 is 0 Å². The Morgan fingerprint density at radius 2 is 1.92 bits per heavy atom. The fourth-order valence-corrected chi connectivity index (χ4v) is 4.46. The lowest BCUT2D eigenvalue weighted by atomic mass is 10.3. The van der Waals surface area contributed by atoms with Crippen LogP contribution in [0.4, 0.5) is 11.8 Å². The number of carbonyl (C=O) groups is 2. The molecule has 36 heavy (non-hydrogen) atoms. The van der Waals surface area contributed by atoms with Crippen molar-refractivity contribution >= 4 is 42.8 Å². The molecule has 2 aromatic rings. The lowest BCUT2D eigenvalue weighted by Crippen LogP contribution is -2.50. The Morgan fingerprint density at radius 3 is 2.58 bits per heavy atom. The number of nitrogens with one attached hydrogen (secondary N) is 2. The number of nitrogen functional groups attached to an aromatic ring is 1. The molecule has 4 N–H and O–H groups in total. The summed E-state index contributed by atoms with van der Waals surface area (Å²) in [6, 6.07) is -1.38. The van der Waals surface area contributed by atoms with Crippen molar-refractivity contribution in [3.63, 3.8) is 0 Å². The van der Waals surface area contributed by atoms with Gasteiger partial charge in [0.25, 0.3) is 6.35 Å². The Hall–Kier alpha value is -2.93. The summed E-state index contributed by atoms with van der Waals surface area (Å²) in [6.45, 7) is 7.38. The zero-order valence-electron chi connectivity index (χ0n) is 21.0. The first-order valence-electron chi connectivity index (χ1n) is 11.9. The fourth-order valence-electron chi connectivity index (χ4n) is 3.26. The second-order valence-electron chi connectivity index (χ2n) is 8.22. The third kappa shape index (κ3) is 7.29. The molecule has 1 saturated carbocycles. The standard InChI is InChI=1S/C21H34N8O6P/c1-5-34-19(30)13(3)27-29(14(4)20(31)35-6-2)36(32)12-33-10-9-28-11-23-16-17(24-15-7-8-15)25-21(22)26-18(16)28/h11,13-15,27H,5-10,12H2,1-4H3,(H3,22,24,25,26)/q+1/t13-,14-/m0/s1. The lowest BCUT2D eigenvalue weighted by Gasteiger charge is -2.21. The highest BCUT2D eigenvalue weighted by Gasteiger charge is 2.40. The summed E-state index contributed by atoms with van der Waals surface area (Å²) in [5.74, 6) is -0.372. The molecule has 0 aliphatic heterocycles. The van der Waals surface area contributed by atoms with Gasteiger partial charge in [0.2, 0.25) is 5.95 Å². The Balaban J connectivity index is 1.60. The number of ether oxygens (including phenoxy) is 3. The van der Waals surface area contributed by atoms with Crippen molar-refractivity contribution in [2.75, 3.05) is 37.2 Å². The van der Waals surface area contributed by atoms with Crippen molar-refractivity contribution in [1.82, 2.24) is 29.7 Å². The Morgan fingerprint density at radius 1 is 1.22 bits per heavy atom. The first-order valence-corrected chi connectivity index (χ1v) is 13.3. The van der Waals surface area contributed by atoms with Gasteiger partial charge in [0, 0.05) is 12.6 Å². The summed E-state index contributed by atoms with van der Waals surface area (Å²) in [4.78, 5) is 37.3. The van der Waals surface area contributed by atoms with E-state index in [9.17, 15) is 14.2 Å². The summed E-state index contributed by atoms with van der Waals surface area (Å²) >= 11 is 0. The van der Waals surface area contributed by atoms with Gasteiger partial charge >= 0.3 is 19.9 Å². The van der Waals surface area contributed by atoms with Gasteiger partial charge in [-0.3, -0.25) is 9.59 Å². The zero-order chi connectivity index (χ0) is 26.2. The Kier molecular flexibility index (Phi) is 9.88. The number of fused-ring (bicyclic) bond motifs is 1. The van der Waals surface area contributed by atoms with E-state index < -0.39 is 32.0 Å². The maximum atomic E-state index is 13.0. The minimum absolute atomic E-state index is 0.141. The molecule has 1 aliphatic rings. The number of hydrogen-bond donors (Lipinski definition) is 3. The molecule has 198 valence electrons. The molecule has 2 heterocycles. The van der Waals surface area contributed by atoms with Crippen LogP contribution in [0, 0.1) is 0 Å². The molecule has 1 unspecified atom stereocenters. The number of rotatable bonds is 15. The topological polar surface area (TPSA) is 176 Å². The molecule has 14 nitrogen and oxygen atoms in total. The average Bonchev–Trinajstić information content (AvgIpc) is 3.57. The van der Waals surface area contributed by atoms with Crippen molar-refractivity contribution in [2.45, 2.75) is 65.2 Å². The predicted octanol–water partition coefficient (Wildman–Crippen LogP) is 1.41. The van der Waals surface area contributed by atoms with Crippen molar-refractivity contribution < 1.29 is 28.4 Å². The van der Waals surface area contributed by atoms with Crippen LogP contribution in [0.15, 0.2) is 6.33 Å². The Bertz CT molecular complexity index is 1080. The van der Waals surface area contributed by atoms with Gasteiger partial charge in [-0.2, -0.15) is 15.4 Å². The number of nitrogens with two attached hydrogens (primary N) is 1. The molecule has 0 amide bonds. The van der Waals surface area contributed by atoms with E-state index in [1.165, 1.54) is 11.7 Å². The summed E-state index contributed by atoms with van der Waals surface area (Å²) in [5, 5.41) is 3.31. The number of carbonyl (C=O) groups excluding carboxylic acids is 2. The third-order valence-electron chi connectivity index (χ3n) is 5.28. The second kappa shape index (κ2) is 12.9. The summed E-state index contributed by atoms with van der Waals surface area (Å²) in [5.41, 5.74) is 9.86. The largest absolute Gasteiger partial charge is 0.479 e. The minimum Gasteiger partial charge on any atom is -0.465 e. The van der Waals surface area contributed by atoms with Crippen LogP contribution in [0.2, 0.25) is 0 Å². The van der Waals surface area contributed by atoms with E-state index in [-0.39, 0.29) is 32.1 Å². The molecule has 1 fully saturated rings. The van der Waals surface area contributed by atoms with Gasteiger partial charge in [0.15, 0.2) is 23.0 Å². The molecule has 0 spiro atoms. The number of imidazole rings is 1. The van der Waals surface area contributed by atoms with E-state index in [2.05, 4.69) is 25.7 Å². The van der Waals surface area contributed by atoms with Crippen molar-refractivity contribution in [3.8, 4) is 0 Å². The van der Waals surface area contributed by atoms with Crippen molar-refractivity contribution in [3.05, 3.63) is 6.33 Å². The number of esters is 2. The van der Waals surface area contributed by atoms with E-state index in [0.717, 1.165) is 12.8 Å².